The number of hydrogen-bond donors (Lipinski definition) is 5. The van der Waals surface area contributed by atoms with E-state index in [1.165, 1.54) is 0 Å². The second kappa shape index (κ2) is 20.9. The first-order chi connectivity index (χ1) is 3.73. The smallest absolute Gasteiger partial charge is 0.316 e. The number of rotatable bonds is 0. The molecule has 0 aromatic heterocycles. The van der Waals surface area contributed by atoms with Crippen molar-refractivity contribution < 1.29 is 33.3 Å². The molecule has 0 amide bonds. The van der Waals surface area contributed by atoms with Gasteiger partial charge in [-0.05, 0) is 0 Å². The Hall–Kier alpha value is 3.55. The average molecular weight is 317 g/mol. The van der Waals surface area contributed by atoms with Gasteiger partial charge in [-0.25, -0.2) is 4.57 Å². The summed E-state index contributed by atoms with van der Waals surface area (Å²) in [5, 5.41) is 0. The van der Waals surface area contributed by atoms with Gasteiger partial charge in [0.2, 0.25) is 0 Å². The van der Waals surface area contributed by atoms with E-state index in [-0.39, 0.29) is 116 Å². The fourth-order valence-electron chi connectivity index (χ4n) is 0. The zero-order valence-corrected chi connectivity index (χ0v) is 5.89. The molecular weight excluding hydrogens is 302 g/mol. The quantitative estimate of drug-likeness (QED) is 0.221. The molecule has 0 atom stereocenters. The fourth-order valence-corrected chi connectivity index (χ4v) is 0. The van der Waals surface area contributed by atoms with Crippen LogP contribution in [0.25, 0.3) is 0 Å². The average Bonchev–Trinajstić information content (AvgIpc) is 1.19. The van der Waals surface area contributed by atoms with Crippen LogP contribution in [0.1, 0.15) is 0 Å². The molecule has 0 aromatic carbocycles. The first-order valence-corrected chi connectivity index (χ1v) is 4.30. The molecule has 0 unspecified atom stereocenters. The van der Waals surface area contributed by atoms with E-state index in [1.807, 2.05) is 0 Å². The number of phosphoric acid groups is 1. The Balaban J connectivity index is -0.0000000146. The van der Waals surface area contributed by atoms with E-state index in [9.17, 15) is 0 Å². The third-order valence-corrected chi connectivity index (χ3v) is 0. The standard InChI is InChI=1S/Al.2Ca.Mg.H3O4P.H2O3Si.9H/c;;;;1-5(2,3)4;1-4(2)3;;;;;;;;;/h;;;;(H3,1,2,3,4);1-2H;;;;;;;;;. The molecule has 0 rings (SSSR count). The summed E-state index contributed by atoms with van der Waals surface area (Å²) in [7, 11) is -7.77. The molecule has 0 fully saturated rings. The van der Waals surface area contributed by atoms with Gasteiger partial charge in [0.25, 0.3) is 0 Å². The normalized spacial score (nSPS) is 6.38. The minimum absolute atomic E-state index is 0. The summed E-state index contributed by atoms with van der Waals surface area (Å²) < 4.78 is 17.6. The van der Waals surface area contributed by atoms with E-state index in [0.29, 0.717) is 0 Å². The second-order valence-corrected chi connectivity index (χ2v) is 2.39. The molecular formula is H14AlCa2MgO7PSi. The van der Waals surface area contributed by atoms with E-state index in [0.717, 1.165) is 0 Å². The Morgan fingerprint density at radius 3 is 1.00 bits per heavy atom. The first kappa shape index (κ1) is 36.0. The van der Waals surface area contributed by atoms with E-state index < -0.39 is 17.0 Å². The summed E-state index contributed by atoms with van der Waals surface area (Å²) in [6, 6.07) is 0. The Morgan fingerprint density at radius 2 is 1.00 bits per heavy atom. The van der Waals surface area contributed by atoms with Gasteiger partial charge in [0, 0.05) is 0 Å². The molecule has 74 valence electrons. The molecule has 0 aromatic rings. The van der Waals surface area contributed by atoms with Gasteiger partial charge in [-0.15, -0.1) is 0 Å². The zero-order chi connectivity index (χ0) is 8.08. The molecule has 13 heavy (non-hydrogen) atoms. The topological polar surface area (TPSA) is 135 Å². The number of hydrogen-bond acceptors (Lipinski definition) is 2. The summed E-state index contributed by atoms with van der Waals surface area (Å²) in [5.74, 6) is 0. The zero-order valence-electron chi connectivity index (χ0n) is 4.00. The summed E-state index contributed by atoms with van der Waals surface area (Å²) in [6.07, 6.45) is 0. The minimum atomic E-state index is -4.64. The molecule has 0 aliphatic heterocycles. The molecule has 0 saturated heterocycles. The largest absolute Gasteiger partial charge is 0.316 e. The van der Waals surface area contributed by atoms with Crippen LogP contribution in [-0.4, -0.2) is 149 Å². The molecule has 0 aliphatic carbocycles. The van der Waals surface area contributed by atoms with Crippen LogP contribution >= 0.6 is 7.82 Å². The van der Waals surface area contributed by atoms with Crippen LogP contribution in [-0.2, 0) is 9.03 Å². The molecule has 0 spiro atoms. The monoisotopic (exact) mass is 316 g/mol. The second-order valence-electron chi connectivity index (χ2n) is 0.796. The van der Waals surface area contributed by atoms with Gasteiger partial charge in [0.1, 0.15) is 0 Å². The SMILES string of the molecule is O=P(O)(O)O.O=[Si](O)O.[AlH3].[CaH2].[CaH2].[MgH2]. The van der Waals surface area contributed by atoms with Crippen LogP contribution in [0, 0.1) is 0 Å². The van der Waals surface area contributed by atoms with Crippen molar-refractivity contribution in [3.8, 4) is 0 Å². The minimum Gasteiger partial charge on any atom is 0.316 e. The van der Waals surface area contributed by atoms with Crippen molar-refractivity contribution in [2.75, 3.05) is 0 Å². The van der Waals surface area contributed by atoms with Gasteiger partial charge in [-0.2, -0.15) is 0 Å². The molecule has 13 heteroatoms. The van der Waals surface area contributed by atoms with Gasteiger partial charge < -0.3 is 24.3 Å². The summed E-state index contributed by atoms with van der Waals surface area (Å²) in [5.41, 5.74) is 0. The van der Waals surface area contributed by atoms with Crippen molar-refractivity contribution in [1.82, 2.24) is 0 Å². The first-order valence-electron chi connectivity index (χ1n) is 1.43. The maximum atomic E-state index is 8.88. The predicted octanol–water partition coefficient (Wildman–Crippen LogP) is -6.47. The van der Waals surface area contributed by atoms with Crippen LogP contribution in [0.5, 0.6) is 0 Å². The summed E-state index contributed by atoms with van der Waals surface area (Å²) in [6.45, 7) is 0. The molecule has 0 heterocycles. The third kappa shape index (κ3) is 227. The van der Waals surface area contributed by atoms with Crippen molar-refractivity contribution in [3.05, 3.63) is 0 Å². The van der Waals surface area contributed by atoms with Crippen LogP contribution in [0.2, 0.25) is 0 Å². The maximum Gasteiger partial charge on any atom is 0.316 e. The van der Waals surface area contributed by atoms with Crippen molar-refractivity contribution in [2.24, 2.45) is 0 Å². The van der Waals surface area contributed by atoms with E-state index in [2.05, 4.69) is 0 Å². The van der Waals surface area contributed by atoms with Crippen molar-refractivity contribution in [1.29, 1.82) is 0 Å². The third-order valence-electron chi connectivity index (χ3n) is 0. The maximum absolute atomic E-state index is 8.88. The van der Waals surface area contributed by atoms with E-state index in [1.54, 1.807) is 0 Å². The predicted molar refractivity (Wildman–Crippen MR) is 60.7 cm³/mol. The Kier molecular flexibility index (Phi) is 57.8. The van der Waals surface area contributed by atoms with Gasteiger partial charge in [0.05, 0.1) is 0 Å². The van der Waals surface area contributed by atoms with Crippen molar-refractivity contribution >= 4 is 133 Å². The molecule has 7 nitrogen and oxygen atoms in total. The van der Waals surface area contributed by atoms with Gasteiger partial charge >= 0.3 is 116 Å². The molecule has 5 N–H and O–H groups in total. The van der Waals surface area contributed by atoms with Crippen LogP contribution in [0.15, 0.2) is 0 Å². The van der Waals surface area contributed by atoms with Gasteiger partial charge in [-0.3, -0.25) is 4.46 Å². The van der Waals surface area contributed by atoms with Gasteiger partial charge in [0.15, 0.2) is 17.4 Å². The van der Waals surface area contributed by atoms with Crippen molar-refractivity contribution in [3.63, 3.8) is 0 Å². The van der Waals surface area contributed by atoms with Crippen LogP contribution in [0.4, 0.5) is 0 Å². The fraction of sp³-hybridized carbons (Fsp3) is 0. The summed E-state index contributed by atoms with van der Waals surface area (Å²) in [4.78, 5) is 35.9. The summed E-state index contributed by atoms with van der Waals surface area (Å²) >= 11 is 0. The Bertz CT molecular complexity index is 126. The Labute approximate surface area is 163 Å². The molecule has 0 aliphatic rings. The van der Waals surface area contributed by atoms with E-state index >= 15 is 0 Å². The van der Waals surface area contributed by atoms with E-state index in [4.69, 9.17) is 33.3 Å². The molecule has 0 bridgehead atoms. The van der Waals surface area contributed by atoms with Crippen LogP contribution < -0.4 is 0 Å². The van der Waals surface area contributed by atoms with Crippen LogP contribution in [0.3, 0.4) is 0 Å². The Morgan fingerprint density at radius 1 is 1.00 bits per heavy atom. The molecule has 0 radical (unpaired) electrons. The van der Waals surface area contributed by atoms with Crippen molar-refractivity contribution in [2.45, 2.75) is 0 Å². The van der Waals surface area contributed by atoms with Gasteiger partial charge in [-0.1, -0.05) is 0 Å². The molecule has 0 saturated carbocycles.